The summed E-state index contributed by atoms with van der Waals surface area (Å²) in [6.45, 7) is -1.24. The number of hydrogen-bond donors (Lipinski definition) is 1. The molecule has 126 valence electrons. The molecule has 22 heavy (non-hydrogen) atoms. The summed E-state index contributed by atoms with van der Waals surface area (Å²) in [5.41, 5.74) is 0. The van der Waals surface area contributed by atoms with Gasteiger partial charge >= 0.3 is 11.2 Å². The topological polar surface area (TPSA) is 99.1 Å². The number of hydrogen-bond acceptors (Lipinski definition) is 8. The number of carbonyl (C=O) groups is 1. The molecule has 3 rings (SSSR count). The van der Waals surface area contributed by atoms with E-state index in [1.54, 1.807) is 0 Å². The Morgan fingerprint density at radius 2 is 2.05 bits per heavy atom. The molecule has 7 nitrogen and oxygen atoms in total. The molecule has 2 bridgehead atoms. The summed E-state index contributed by atoms with van der Waals surface area (Å²) in [5, 5.41) is 6.93. The fraction of sp³-hybridized carbons (Fsp3) is 0.909. The van der Waals surface area contributed by atoms with Crippen LogP contribution in [0.5, 0.6) is 0 Å². The van der Waals surface area contributed by atoms with Crippen molar-refractivity contribution in [3.63, 3.8) is 0 Å². The van der Waals surface area contributed by atoms with Crippen molar-refractivity contribution in [2.45, 2.75) is 23.3 Å². The zero-order valence-corrected chi connectivity index (χ0v) is 12.8. The van der Waals surface area contributed by atoms with Gasteiger partial charge in [0.1, 0.15) is 12.0 Å². The molecule has 1 saturated heterocycles. The molecule has 5 unspecified atom stereocenters. The Kier molecular flexibility index (Phi) is 4.13. The highest BCUT2D eigenvalue weighted by atomic mass is 32.2. The van der Waals surface area contributed by atoms with Gasteiger partial charge in [0, 0.05) is 0 Å². The van der Waals surface area contributed by atoms with E-state index in [0.29, 0.717) is 12.8 Å². The van der Waals surface area contributed by atoms with E-state index in [4.69, 9.17) is 5.26 Å². The van der Waals surface area contributed by atoms with E-state index in [0.717, 1.165) is 0 Å². The quantitative estimate of drug-likeness (QED) is 0.327. The largest absolute Gasteiger partial charge is 0.458 e. The lowest BCUT2D eigenvalue weighted by atomic mass is 9.80. The van der Waals surface area contributed by atoms with Crippen molar-refractivity contribution in [3.05, 3.63) is 0 Å². The zero-order chi connectivity index (χ0) is 16.1. The Balaban J connectivity index is 1.61. The molecule has 0 radical (unpaired) electrons. The summed E-state index contributed by atoms with van der Waals surface area (Å²) in [4.78, 5) is 12.1. The van der Waals surface area contributed by atoms with Crippen LogP contribution >= 0.6 is 12.0 Å². The van der Waals surface area contributed by atoms with Crippen LogP contribution in [0.3, 0.4) is 0 Å². The van der Waals surface area contributed by atoms with E-state index in [2.05, 4.69) is 14.1 Å². The number of rotatable bonds is 6. The summed E-state index contributed by atoms with van der Waals surface area (Å²) >= 11 is -0.486. The van der Waals surface area contributed by atoms with Gasteiger partial charge in [-0.05, 0) is 30.6 Å². The van der Waals surface area contributed by atoms with Gasteiger partial charge in [-0.3, -0.25) is 4.79 Å². The average molecular weight is 360 g/mol. The number of carbonyl (C=O) groups excluding carboxylic acids is 1. The second-order valence-corrected chi connectivity index (χ2v) is 9.09. The number of ether oxygens (including phenoxy) is 1. The van der Waals surface area contributed by atoms with Crippen molar-refractivity contribution in [3.8, 4) is 0 Å². The zero-order valence-electron chi connectivity index (χ0n) is 11.2. The van der Waals surface area contributed by atoms with Crippen molar-refractivity contribution >= 4 is 27.8 Å². The molecule has 11 heteroatoms. The molecule has 0 aromatic rings. The van der Waals surface area contributed by atoms with Crippen LogP contribution in [-0.2, 0) is 28.7 Å². The normalized spacial score (nSPS) is 38.4. The summed E-state index contributed by atoms with van der Waals surface area (Å²) < 4.78 is 58.6. The molecule has 2 saturated carbocycles. The van der Waals surface area contributed by atoms with Gasteiger partial charge in [0.25, 0.3) is 0 Å². The molecule has 2 aliphatic carbocycles. The molecule has 1 heterocycles. The van der Waals surface area contributed by atoms with Crippen molar-refractivity contribution in [2.75, 3.05) is 12.4 Å². The second-order valence-electron chi connectivity index (χ2n) is 5.92. The highest BCUT2D eigenvalue weighted by Crippen LogP contribution is 2.59. The van der Waals surface area contributed by atoms with E-state index in [-0.39, 0.29) is 28.8 Å². The number of sulfone groups is 1. The van der Waals surface area contributed by atoms with E-state index >= 15 is 0 Å². The van der Waals surface area contributed by atoms with Crippen LogP contribution in [0, 0.1) is 23.7 Å². The Hall–Kier alpha value is -0.490. The summed E-state index contributed by atoms with van der Waals surface area (Å²) in [5.74, 6) is -1.96. The van der Waals surface area contributed by atoms with Gasteiger partial charge in [0.15, 0.2) is 16.4 Å². The SMILES string of the molecule is O=C(OCC(F)(F)SOOO)C1C2CC3C1CS(=O)(=O)C3C2. The maximum Gasteiger partial charge on any atom is 0.354 e. The van der Waals surface area contributed by atoms with Crippen LogP contribution in [0.1, 0.15) is 12.8 Å². The highest BCUT2D eigenvalue weighted by Gasteiger charge is 2.64. The molecule has 1 aliphatic heterocycles. The van der Waals surface area contributed by atoms with Gasteiger partial charge in [-0.25, -0.2) is 13.7 Å². The molecule has 0 amide bonds. The molecule has 3 fully saturated rings. The molecule has 5 atom stereocenters. The molecular formula is C11H14F2O7S2. The Morgan fingerprint density at radius 3 is 2.73 bits per heavy atom. The third kappa shape index (κ3) is 2.73. The molecule has 3 aliphatic rings. The first-order valence-electron chi connectivity index (χ1n) is 6.67. The summed E-state index contributed by atoms with van der Waals surface area (Å²) in [6, 6.07) is 0. The Labute approximate surface area is 129 Å². The van der Waals surface area contributed by atoms with E-state index < -0.39 is 45.6 Å². The van der Waals surface area contributed by atoms with Crippen molar-refractivity contribution < 1.29 is 41.4 Å². The minimum absolute atomic E-state index is 0.0476. The third-order valence-electron chi connectivity index (χ3n) is 4.83. The highest BCUT2D eigenvalue weighted by molar-refractivity contribution is 7.95. The lowest BCUT2D eigenvalue weighted by molar-refractivity contribution is -0.433. The molecule has 0 aromatic heterocycles. The maximum atomic E-state index is 13.2. The van der Waals surface area contributed by atoms with E-state index in [1.807, 2.05) is 0 Å². The first kappa shape index (κ1) is 16.4. The number of alkyl halides is 2. The van der Waals surface area contributed by atoms with Crippen molar-refractivity contribution in [2.24, 2.45) is 23.7 Å². The van der Waals surface area contributed by atoms with Crippen LogP contribution < -0.4 is 0 Å². The minimum atomic E-state index is -3.58. The van der Waals surface area contributed by atoms with E-state index in [1.165, 1.54) is 0 Å². The summed E-state index contributed by atoms with van der Waals surface area (Å²) in [7, 11) is -3.18. The van der Waals surface area contributed by atoms with Gasteiger partial charge in [-0.1, -0.05) is 5.04 Å². The monoisotopic (exact) mass is 360 g/mol. The van der Waals surface area contributed by atoms with Gasteiger partial charge in [0.2, 0.25) is 0 Å². The first-order valence-corrected chi connectivity index (χ1v) is 9.13. The van der Waals surface area contributed by atoms with Crippen LogP contribution in [-0.4, -0.2) is 42.5 Å². The lowest BCUT2D eigenvalue weighted by Gasteiger charge is -2.25. The van der Waals surface area contributed by atoms with Gasteiger partial charge in [0.05, 0.1) is 16.9 Å². The number of esters is 1. The average Bonchev–Trinajstić information content (AvgIpc) is 3.04. The molecular weight excluding hydrogens is 346 g/mol. The number of fused-ring (bicyclic) bond motifs is 1. The third-order valence-corrected chi connectivity index (χ3v) is 7.64. The Bertz CT molecular complexity index is 567. The predicted octanol–water partition coefficient (Wildman–Crippen LogP) is 1.26. The van der Waals surface area contributed by atoms with Crippen LogP contribution in [0.4, 0.5) is 8.78 Å². The standard InChI is InChI=1S/C11H14F2O7S2/c12-11(13,21-20-19-15)4-18-10(14)9-5-1-6-7(9)3-22(16,17)8(6)2-5/h5-9,15H,1-4H2. The van der Waals surface area contributed by atoms with E-state index in [9.17, 15) is 22.0 Å². The van der Waals surface area contributed by atoms with Crippen LogP contribution in [0.15, 0.2) is 0 Å². The van der Waals surface area contributed by atoms with Gasteiger partial charge in [-0.2, -0.15) is 8.78 Å². The predicted molar refractivity (Wildman–Crippen MR) is 69.1 cm³/mol. The van der Waals surface area contributed by atoms with Gasteiger partial charge < -0.3 is 4.74 Å². The smallest absolute Gasteiger partial charge is 0.354 e. The lowest BCUT2D eigenvalue weighted by Crippen LogP contribution is -2.34. The van der Waals surface area contributed by atoms with Crippen LogP contribution in [0.25, 0.3) is 0 Å². The second kappa shape index (κ2) is 5.55. The molecule has 0 aromatic carbocycles. The van der Waals surface area contributed by atoms with Crippen LogP contribution in [0.2, 0.25) is 0 Å². The van der Waals surface area contributed by atoms with Crippen molar-refractivity contribution in [1.82, 2.24) is 0 Å². The van der Waals surface area contributed by atoms with Gasteiger partial charge in [-0.15, -0.1) is 4.33 Å². The maximum absolute atomic E-state index is 13.2. The minimum Gasteiger partial charge on any atom is -0.458 e. The first-order chi connectivity index (χ1) is 10.2. The fourth-order valence-corrected chi connectivity index (χ4v) is 7.03. The molecule has 0 spiro atoms. The molecule has 1 N–H and O–H groups in total. The van der Waals surface area contributed by atoms with Crippen molar-refractivity contribution in [1.29, 1.82) is 0 Å². The fourth-order valence-electron chi connectivity index (χ4n) is 4.17. The Morgan fingerprint density at radius 1 is 1.32 bits per heavy atom. The number of halogens is 2. The summed E-state index contributed by atoms with van der Waals surface area (Å²) in [6.07, 6.45) is 1.05.